The fourth-order valence-electron chi connectivity index (χ4n) is 3.24. The van der Waals surface area contributed by atoms with Gasteiger partial charge in [0, 0.05) is 23.9 Å². The van der Waals surface area contributed by atoms with E-state index >= 15 is 0 Å². The van der Waals surface area contributed by atoms with Gasteiger partial charge in [0.15, 0.2) is 5.69 Å². The molecule has 3 heterocycles. The Hall–Kier alpha value is -3.26. The number of hydrazine groups is 1. The first-order chi connectivity index (χ1) is 12.9. The fourth-order valence-corrected chi connectivity index (χ4v) is 3.24. The molecule has 0 saturated heterocycles. The van der Waals surface area contributed by atoms with E-state index in [-0.39, 0.29) is 17.8 Å². The number of anilines is 2. The smallest absolute Gasteiger partial charge is 0.276 e. The summed E-state index contributed by atoms with van der Waals surface area (Å²) < 4.78 is 13.3. The number of H-pyrrole nitrogens is 1. The SMILES string of the molecule is Cc1[nH]nc(C(=O)Nc2cnc3c(c2)C(c2ccc(F)cc2)N(C)N3)c1C. The van der Waals surface area contributed by atoms with Crippen LogP contribution < -0.4 is 10.7 Å². The van der Waals surface area contributed by atoms with Gasteiger partial charge in [0.05, 0.1) is 17.9 Å². The molecule has 1 aliphatic rings. The lowest BCUT2D eigenvalue weighted by Gasteiger charge is -2.20. The van der Waals surface area contributed by atoms with Crippen molar-refractivity contribution in [2.24, 2.45) is 0 Å². The summed E-state index contributed by atoms with van der Waals surface area (Å²) in [5, 5.41) is 11.6. The van der Waals surface area contributed by atoms with Crippen LogP contribution >= 0.6 is 0 Å². The molecule has 7 nitrogen and oxygen atoms in total. The second kappa shape index (κ2) is 6.48. The van der Waals surface area contributed by atoms with Crippen LogP contribution in [0.3, 0.4) is 0 Å². The van der Waals surface area contributed by atoms with Crippen molar-refractivity contribution in [1.82, 2.24) is 20.2 Å². The molecule has 1 amide bonds. The molecule has 2 aromatic heterocycles. The minimum absolute atomic E-state index is 0.140. The molecule has 0 bridgehead atoms. The summed E-state index contributed by atoms with van der Waals surface area (Å²) in [6.45, 7) is 3.71. The molecular formula is C19H19FN6O. The third kappa shape index (κ3) is 3.04. The van der Waals surface area contributed by atoms with Gasteiger partial charge in [0.1, 0.15) is 11.6 Å². The summed E-state index contributed by atoms with van der Waals surface area (Å²) >= 11 is 0. The Bertz CT molecular complexity index is 1010. The molecule has 1 aliphatic heterocycles. The number of aromatic nitrogens is 3. The van der Waals surface area contributed by atoms with Crippen LogP contribution in [0.15, 0.2) is 36.5 Å². The van der Waals surface area contributed by atoms with Gasteiger partial charge in [-0.15, -0.1) is 0 Å². The number of nitrogens with one attached hydrogen (secondary N) is 3. The van der Waals surface area contributed by atoms with Crippen LogP contribution in [0.2, 0.25) is 0 Å². The van der Waals surface area contributed by atoms with Gasteiger partial charge >= 0.3 is 0 Å². The van der Waals surface area contributed by atoms with Gasteiger partial charge in [-0.3, -0.25) is 9.89 Å². The van der Waals surface area contributed by atoms with Gasteiger partial charge < -0.3 is 10.7 Å². The molecule has 3 N–H and O–H groups in total. The van der Waals surface area contributed by atoms with Gasteiger partial charge in [-0.05, 0) is 37.6 Å². The number of benzene rings is 1. The fraction of sp³-hybridized carbons (Fsp3) is 0.211. The first kappa shape index (κ1) is 17.2. The maximum Gasteiger partial charge on any atom is 0.276 e. The highest BCUT2D eigenvalue weighted by atomic mass is 19.1. The van der Waals surface area contributed by atoms with Gasteiger partial charge in [0.2, 0.25) is 0 Å². The highest BCUT2D eigenvalue weighted by Crippen LogP contribution is 2.38. The standard InChI is InChI=1S/C19H19FN6O/c1-10-11(2)23-24-16(10)19(27)22-14-8-15-17(12-4-6-13(20)7-5-12)26(3)25-18(15)21-9-14/h4-9,17H,1-3H3,(H,21,25)(H,22,27)(H,23,24). The molecule has 0 saturated carbocycles. The number of hydrogen-bond acceptors (Lipinski definition) is 5. The normalized spacial score (nSPS) is 16.1. The van der Waals surface area contributed by atoms with Crippen molar-refractivity contribution in [2.75, 3.05) is 17.8 Å². The number of nitrogens with zero attached hydrogens (tertiary/aromatic N) is 3. The summed E-state index contributed by atoms with van der Waals surface area (Å²) in [5.41, 5.74) is 7.61. The molecule has 0 spiro atoms. The van der Waals surface area contributed by atoms with Crippen molar-refractivity contribution >= 4 is 17.4 Å². The summed E-state index contributed by atoms with van der Waals surface area (Å²) in [6, 6.07) is 8.09. The Kier molecular flexibility index (Phi) is 4.12. The Balaban J connectivity index is 1.64. The second-order valence-corrected chi connectivity index (χ2v) is 6.61. The number of carbonyl (C=O) groups is 1. The zero-order chi connectivity index (χ0) is 19.1. The van der Waals surface area contributed by atoms with Gasteiger partial charge in [-0.25, -0.2) is 14.4 Å². The number of aromatic amines is 1. The monoisotopic (exact) mass is 366 g/mol. The number of carbonyl (C=O) groups excluding carboxylic acids is 1. The van der Waals surface area contributed by atoms with Gasteiger partial charge in [-0.2, -0.15) is 5.10 Å². The molecule has 8 heteroatoms. The molecule has 0 fully saturated rings. The molecule has 1 aromatic carbocycles. The average molecular weight is 366 g/mol. The van der Waals surface area contributed by atoms with Crippen LogP contribution in [-0.2, 0) is 0 Å². The number of amides is 1. The molecule has 1 unspecified atom stereocenters. The van der Waals surface area contributed by atoms with Crippen molar-refractivity contribution in [3.05, 3.63) is 70.4 Å². The summed E-state index contributed by atoms with van der Waals surface area (Å²) in [7, 11) is 1.89. The topological polar surface area (TPSA) is 85.9 Å². The molecule has 3 aromatic rings. The molecule has 0 radical (unpaired) electrons. The van der Waals surface area contributed by atoms with Crippen molar-refractivity contribution in [3.8, 4) is 0 Å². The average Bonchev–Trinajstić information content (AvgIpc) is 3.15. The van der Waals surface area contributed by atoms with Crippen LogP contribution in [-0.4, -0.2) is 33.1 Å². The number of rotatable bonds is 3. The predicted molar refractivity (Wildman–Crippen MR) is 99.9 cm³/mol. The first-order valence-electron chi connectivity index (χ1n) is 8.52. The predicted octanol–water partition coefficient (Wildman–Crippen LogP) is 3.17. The molecule has 1 atom stereocenters. The van der Waals surface area contributed by atoms with Crippen LogP contribution in [0.25, 0.3) is 0 Å². The lowest BCUT2D eigenvalue weighted by molar-refractivity contribution is 0.102. The van der Waals surface area contributed by atoms with E-state index in [4.69, 9.17) is 0 Å². The minimum atomic E-state index is -0.295. The highest BCUT2D eigenvalue weighted by Gasteiger charge is 2.30. The highest BCUT2D eigenvalue weighted by molar-refractivity contribution is 6.04. The molecule has 4 rings (SSSR count). The van der Waals surface area contributed by atoms with Crippen LogP contribution in [0.1, 0.15) is 38.9 Å². The van der Waals surface area contributed by atoms with Gasteiger partial charge in [0.25, 0.3) is 5.91 Å². The van der Waals surface area contributed by atoms with E-state index in [1.54, 1.807) is 18.3 Å². The maximum absolute atomic E-state index is 13.3. The zero-order valence-electron chi connectivity index (χ0n) is 15.2. The third-order valence-corrected chi connectivity index (χ3v) is 4.79. The number of pyridine rings is 1. The molecule has 0 aliphatic carbocycles. The van der Waals surface area contributed by atoms with Crippen LogP contribution in [0.5, 0.6) is 0 Å². The van der Waals surface area contributed by atoms with Gasteiger partial charge in [-0.1, -0.05) is 12.1 Å². The van der Waals surface area contributed by atoms with E-state index in [1.165, 1.54) is 12.1 Å². The van der Waals surface area contributed by atoms with E-state index < -0.39 is 0 Å². The number of hydrogen-bond donors (Lipinski definition) is 3. The Morgan fingerprint density at radius 2 is 2.00 bits per heavy atom. The van der Waals surface area contributed by atoms with Crippen LogP contribution in [0, 0.1) is 19.7 Å². The van der Waals surface area contributed by atoms with E-state index in [2.05, 4.69) is 25.9 Å². The Morgan fingerprint density at radius 3 is 2.67 bits per heavy atom. The maximum atomic E-state index is 13.3. The molecule has 27 heavy (non-hydrogen) atoms. The number of aryl methyl sites for hydroxylation is 1. The molecule has 138 valence electrons. The lowest BCUT2D eigenvalue weighted by Crippen LogP contribution is -2.23. The second-order valence-electron chi connectivity index (χ2n) is 6.61. The van der Waals surface area contributed by atoms with Crippen molar-refractivity contribution in [2.45, 2.75) is 19.9 Å². The van der Waals surface area contributed by atoms with E-state index in [9.17, 15) is 9.18 Å². The van der Waals surface area contributed by atoms with Crippen LogP contribution in [0.4, 0.5) is 15.9 Å². The number of fused-ring (bicyclic) bond motifs is 1. The summed E-state index contributed by atoms with van der Waals surface area (Å²) in [6.07, 6.45) is 1.60. The largest absolute Gasteiger partial charge is 0.319 e. The third-order valence-electron chi connectivity index (χ3n) is 4.79. The number of halogens is 1. The van der Waals surface area contributed by atoms with Crippen molar-refractivity contribution in [1.29, 1.82) is 0 Å². The molecular weight excluding hydrogens is 347 g/mol. The quantitative estimate of drug-likeness (QED) is 0.663. The Morgan fingerprint density at radius 1 is 1.26 bits per heavy atom. The van der Waals surface area contributed by atoms with E-state index in [1.807, 2.05) is 32.0 Å². The Labute approximate surface area is 155 Å². The zero-order valence-corrected chi connectivity index (χ0v) is 15.2. The minimum Gasteiger partial charge on any atom is -0.319 e. The summed E-state index contributed by atoms with van der Waals surface area (Å²) in [5.74, 6) is 0.129. The van der Waals surface area contributed by atoms with Crippen molar-refractivity contribution < 1.29 is 9.18 Å². The summed E-state index contributed by atoms with van der Waals surface area (Å²) in [4.78, 5) is 16.9. The van der Waals surface area contributed by atoms with E-state index in [0.29, 0.717) is 17.2 Å². The first-order valence-corrected chi connectivity index (χ1v) is 8.52. The van der Waals surface area contributed by atoms with Crippen molar-refractivity contribution in [3.63, 3.8) is 0 Å². The lowest BCUT2D eigenvalue weighted by atomic mass is 10.00. The van der Waals surface area contributed by atoms with E-state index in [0.717, 1.165) is 22.4 Å².